The van der Waals surface area contributed by atoms with Gasteiger partial charge in [-0.05, 0) is 30.7 Å². The molecule has 4 N–H and O–H groups in total. The summed E-state index contributed by atoms with van der Waals surface area (Å²) in [4.78, 5) is 30.6. The first-order valence-corrected chi connectivity index (χ1v) is 11.0. The average molecular weight is 488 g/mol. The maximum atomic E-state index is 13.5. The van der Waals surface area contributed by atoms with Crippen LogP contribution in [0.5, 0.6) is 5.75 Å². The minimum Gasteiger partial charge on any atom is -0.506 e. The Labute approximate surface area is 197 Å². The number of benzene rings is 2. The van der Waals surface area contributed by atoms with Crippen molar-refractivity contribution in [2.45, 2.75) is 12.8 Å². The quantitative estimate of drug-likeness (QED) is 0.214. The van der Waals surface area contributed by atoms with Crippen LogP contribution >= 0.6 is 23.2 Å². The molecule has 0 unspecified atom stereocenters. The number of alkyl halides is 1. The number of furan rings is 1. The molecular weight excluding hydrogens is 469 g/mol. The first-order valence-electron chi connectivity index (χ1n) is 10.1. The third-order valence-corrected chi connectivity index (χ3v) is 6.60. The summed E-state index contributed by atoms with van der Waals surface area (Å²) in [6.07, 6.45) is 0. The lowest BCUT2D eigenvalue weighted by Gasteiger charge is -2.16. The number of esters is 1. The Morgan fingerprint density at radius 2 is 2.09 bits per heavy atom. The highest BCUT2D eigenvalue weighted by molar-refractivity contribution is 6.32. The highest BCUT2D eigenvalue weighted by atomic mass is 35.5. The highest BCUT2D eigenvalue weighted by Gasteiger charge is 2.38. The van der Waals surface area contributed by atoms with Crippen LogP contribution < -0.4 is 10.6 Å². The minimum atomic E-state index is -0.547. The van der Waals surface area contributed by atoms with Gasteiger partial charge in [0.2, 0.25) is 0 Å². The molecule has 1 aliphatic rings. The lowest BCUT2D eigenvalue weighted by Crippen LogP contribution is -2.29. The van der Waals surface area contributed by atoms with E-state index in [-0.39, 0.29) is 29.9 Å². The van der Waals surface area contributed by atoms with Crippen LogP contribution in [-0.4, -0.2) is 41.5 Å². The lowest BCUT2D eigenvalue weighted by molar-refractivity contribution is 0.0602. The van der Waals surface area contributed by atoms with Crippen molar-refractivity contribution >= 4 is 68.3 Å². The van der Waals surface area contributed by atoms with E-state index in [0.717, 1.165) is 0 Å². The number of aromatic hydroxyl groups is 1. The van der Waals surface area contributed by atoms with Crippen molar-refractivity contribution in [2.75, 3.05) is 30.2 Å². The number of anilines is 2. The van der Waals surface area contributed by atoms with Crippen molar-refractivity contribution in [2.24, 2.45) is 0 Å². The number of amides is 1. The Balaban J connectivity index is 1.70. The SMILES string of the molecule is COC(=O)c1c(C)[nH]c2c(O)cc3c(c12)[C@H](CCl)CN3C(=O)c1cc2cc(Cl)cc(N)c2o1. The van der Waals surface area contributed by atoms with Crippen LogP contribution in [0.4, 0.5) is 11.4 Å². The van der Waals surface area contributed by atoms with Crippen molar-refractivity contribution in [3.63, 3.8) is 0 Å². The zero-order chi connectivity index (χ0) is 23.6. The van der Waals surface area contributed by atoms with Crippen LogP contribution in [0.3, 0.4) is 0 Å². The second-order valence-corrected chi connectivity index (χ2v) is 8.73. The van der Waals surface area contributed by atoms with Gasteiger partial charge in [-0.1, -0.05) is 11.6 Å². The van der Waals surface area contributed by atoms with E-state index < -0.39 is 11.9 Å². The van der Waals surface area contributed by atoms with Gasteiger partial charge >= 0.3 is 5.97 Å². The number of hydrogen-bond acceptors (Lipinski definition) is 6. The van der Waals surface area contributed by atoms with Crippen molar-refractivity contribution < 1.29 is 23.8 Å². The van der Waals surface area contributed by atoms with Gasteiger partial charge in [-0.3, -0.25) is 4.79 Å². The van der Waals surface area contributed by atoms with Crippen molar-refractivity contribution in [1.29, 1.82) is 0 Å². The number of carbonyl (C=O) groups is 2. The molecule has 3 heterocycles. The maximum absolute atomic E-state index is 13.5. The molecule has 8 nitrogen and oxygen atoms in total. The number of rotatable bonds is 3. The standard InChI is InChI=1S/C23H19Cl2N3O5/c1-9-17(23(31)32-2)19-18-11(7-24)8-28(14(18)6-15(29)20(19)27-9)22(30)16-4-10-3-12(25)5-13(26)21(10)33-16/h3-6,11,27,29H,7-8,26H2,1-2H3/t11-/m1/s1. The van der Waals surface area contributed by atoms with Crippen molar-refractivity contribution in [3.8, 4) is 5.75 Å². The third-order valence-electron chi connectivity index (χ3n) is 6.01. The number of carbonyl (C=O) groups excluding carboxylic acids is 2. The van der Waals surface area contributed by atoms with Crippen molar-refractivity contribution in [1.82, 2.24) is 4.98 Å². The molecule has 0 saturated heterocycles. The van der Waals surface area contributed by atoms with Crippen LogP contribution in [0.25, 0.3) is 21.9 Å². The zero-order valence-corrected chi connectivity index (χ0v) is 19.2. The number of phenolic OH excluding ortho intramolecular Hbond substituents is 1. The first-order chi connectivity index (χ1) is 15.7. The van der Waals surface area contributed by atoms with E-state index in [1.54, 1.807) is 25.1 Å². The van der Waals surface area contributed by atoms with Crippen molar-refractivity contribution in [3.05, 3.63) is 51.9 Å². The fourth-order valence-corrected chi connectivity index (χ4v) is 5.08. The number of fused-ring (bicyclic) bond motifs is 4. The molecule has 0 aliphatic carbocycles. The Morgan fingerprint density at radius 1 is 1.33 bits per heavy atom. The Kier molecular flexibility index (Phi) is 4.95. The lowest BCUT2D eigenvalue weighted by atomic mass is 9.95. The Hall–Kier alpha value is -3.36. The number of nitrogen functional groups attached to an aromatic ring is 1. The van der Waals surface area contributed by atoms with Crippen LogP contribution in [0.2, 0.25) is 5.02 Å². The number of nitrogens with two attached hydrogens (primary N) is 1. The summed E-state index contributed by atoms with van der Waals surface area (Å²) in [6.45, 7) is 1.96. The van der Waals surface area contributed by atoms with Gasteiger partial charge in [0.15, 0.2) is 11.3 Å². The van der Waals surface area contributed by atoms with E-state index in [0.29, 0.717) is 55.1 Å². The summed E-state index contributed by atoms with van der Waals surface area (Å²) < 4.78 is 10.7. The molecule has 1 amide bonds. The molecule has 170 valence electrons. The Bertz CT molecular complexity index is 1470. The van der Waals surface area contributed by atoms with E-state index in [4.69, 9.17) is 38.1 Å². The van der Waals surface area contributed by atoms with Crippen LogP contribution in [0.1, 0.15) is 38.1 Å². The van der Waals surface area contributed by atoms with Gasteiger partial charge in [-0.15, -0.1) is 11.6 Å². The molecule has 0 bridgehead atoms. The largest absolute Gasteiger partial charge is 0.506 e. The van der Waals surface area contributed by atoms with E-state index >= 15 is 0 Å². The summed E-state index contributed by atoms with van der Waals surface area (Å²) in [7, 11) is 1.29. The molecule has 5 rings (SSSR count). The van der Waals surface area contributed by atoms with E-state index in [2.05, 4.69) is 4.98 Å². The maximum Gasteiger partial charge on any atom is 0.340 e. The van der Waals surface area contributed by atoms with Gasteiger partial charge in [0, 0.05) is 45.9 Å². The molecule has 0 spiro atoms. The van der Waals surface area contributed by atoms with E-state index in [1.165, 1.54) is 18.1 Å². The second kappa shape index (κ2) is 7.60. The summed E-state index contributed by atoms with van der Waals surface area (Å²) >= 11 is 12.4. The topological polar surface area (TPSA) is 122 Å². The zero-order valence-electron chi connectivity index (χ0n) is 17.7. The van der Waals surface area contributed by atoms with E-state index in [1.807, 2.05) is 0 Å². The van der Waals surface area contributed by atoms with Crippen LogP contribution in [-0.2, 0) is 4.74 Å². The molecule has 0 fully saturated rings. The smallest absolute Gasteiger partial charge is 0.340 e. The average Bonchev–Trinajstić information content (AvgIpc) is 3.45. The number of nitrogens with one attached hydrogen (secondary N) is 1. The molecule has 0 saturated carbocycles. The molecular formula is C23H19Cl2N3O5. The first kappa shape index (κ1) is 21.5. The fraction of sp³-hybridized carbons (Fsp3) is 0.217. The number of aromatic amines is 1. The van der Waals surface area contributed by atoms with Crippen LogP contribution in [0, 0.1) is 6.92 Å². The number of phenols is 1. The number of methoxy groups -OCH3 is 1. The number of hydrogen-bond donors (Lipinski definition) is 3. The fourth-order valence-electron chi connectivity index (χ4n) is 4.60. The third kappa shape index (κ3) is 3.13. The molecule has 2 aromatic carbocycles. The number of nitrogens with zero attached hydrogens (tertiary/aromatic N) is 1. The van der Waals surface area contributed by atoms with E-state index in [9.17, 15) is 14.7 Å². The predicted molar refractivity (Wildman–Crippen MR) is 127 cm³/mol. The molecule has 10 heteroatoms. The highest BCUT2D eigenvalue weighted by Crippen LogP contribution is 2.47. The Morgan fingerprint density at radius 3 is 2.79 bits per heavy atom. The predicted octanol–water partition coefficient (Wildman–Crippen LogP) is 4.93. The minimum absolute atomic E-state index is 0.0677. The molecule has 4 aromatic rings. The van der Waals surface area contributed by atoms with Gasteiger partial charge in [-0.2, -0.15) is 0 Å². The number of ether oxygens (including phenoxy) is 1. The summed E-state index contributed by atoms with van der Waals surface area (Å²) in [5, 5.41) is 12.3. The van der Waals surface area contributed by atoms with Gasteiger partial charge in [0.25, 0.3) is 5.91 Å². The molecule has 2 aromatic heterocycles. The molecule has 33 heavy (non-hydrogen) atoms. The number of aryl methyl sites for hydroxylation is 1. The summed E-state index contributed by atoms with van der Waals surface area (Å²) in [5.41, 5.74) is 9.05. The van der Waals surface area contributed by atoms with Gasteiger partial charge in [0.1, 0.15) is 5.75 Å². The number of aromatic nitrogens is 1. The molecule has 1 atom stereocenters. The van der Waals surface area contributed by atoms with Gasteiger partial charge in [-0.25, -0.2) is 4.79 Å². The normalized spacial score (nSPS) is 15.4. The molecule has 0 radical (unpaired) electrons. The monoisotopic (exact) mass is 487 g/mol. The number of H-pyrrole nitrogens is 1. The van der Waals surface area contributed by atoms with Crippen LogP contribution in [0.15, 0.2) is 28.7 Å². The number of halogens is 2. The summed E-state index contributed by atoms with van der Waals surface area (Å²) in [6, 6.07) is 6.28. The second-order valence-electron chi connectivity index (χ2n) is 7.99. The van der Waals surface area contributed by atoms with Gasteiger partial charge < -0.3 is 29.9 Å². The summed E-state index contributed by atoms with van der Waals surface area (Å²) in [5.74, 6) is -1.09. The molecule has 1 aliphatic heterocycles. The van der Waals surface area contributed by atoms with Gasteiger partial charge in [0.05, 0.1) is 29.6 Å².